The molecule has 17 heteroatoms. The van der Waals surface area contributed by atoms with E-state index >= 15 is 0 Å². The van der Waals surface area contributed by atoms with Crippen molar-refractivity contribution in [3.8, 4) is 0 Å². The summed E-state index contributed by atoms with van der Waals surface area (Å²) in [4.78, 5) is 35.2. The Morgan fingerprint density at radius 3 is 1.83 bits per heavy atom. The minimum absolute atomic E-state index is 0.0863. The number of hydrogen-bond donors (Lipinski definition) is 2. The number of halogens is 6. The molecule has 4 fully saturated rings. The van der Waals surface area contributed by atoms with Crippen LogP contribution < -0.4 is 0 Å². The molecule has 0 saturated heterocycles. The van der Waals surface area contributed by atoms with E-state index in [-0.39, 0.29) is 18.3 Å². The average Bonchev–Trinajstić information content (AvgIpc) is 2.71. The zero-order chi connectivity index (χ0) is 27.4. The van der Waals surface area contributed by atoms with E-state index in [9.17, 15) is 54.3 Å². The molecule has 4 aliphatic carbocycles. The normalized spacial score (nSPS) is 30.1. The van der Waals surface area contributed by atoms with Crippen LogP contribution in [0.1, 0.15) is 38.5 Å². The van der Waals surface area contributed by atoms with E-state index in [2.05, 4.69) is 9.47 Å². The van der Waals surface area contributed by atoms with Crippen molar-refractivity contribution in [1.29, 1.82) is 0 Å². The Labute approximate surface area is 200 Å². The van der Waals surface area contributed by atoms with E-state index in [0.717, 1.165) is 6.42 Å². The Balaban J connectivity index is 1.49. The number of ether oxygens (including phenoxy) is 3. The Hall–Kier alpha value is -2.14. The molecule has 0 aliphatic heterocycles. The fraction of sp³-hybridized carbons (Fsp3) is 0.842. The predicted molar refractivity (Wildman–Crippen MR) is 101 cm³/mol. The molecule has 2 unspecified atom stereocenters. The third-order valence-corrected chi connectivity index (χ3v) is 7.49. The zero-order valence-electron chi connectivity index (χ0n) is 18.4. The van der Waals surface area contributed by atoms with E-state index in [1.807, 2.05) is 0 Å². The van der Waals surface area contributed by atoms with Crippen molar-refractivity contribution < 1.29 is 73.0 Å². The van der Waals surface area contributed by atoms with E-state index < -0.39 is 76.0 Å². The van der Waals surface area contributed by atoms with Crippen molar-refractivity contribution in [1.82, 2.24) is 0 Å². The minimum atomic E-state index is -6.42. The summed E-state index contributed by atoms with van der Waals surface area (Å²) in [6.45, 7) is -6.28. The molecule has 0 aromatic rings. The van der Waals surface area contributed by atoms with Crippen molar-refractivity contribution in [2.45, 2.75) is 61.2 Å². The van der Waals surface area contributed by atoms with E-state index in [4.69, 9.17) is 9.29 Å². The van der Waals surface area contributed by atoms with Crippen LogP contribution in [-0.4, -0.2) is 78.5 Å². The standard InChI is InChI=1S/C19H22F6O10S/c20-17(21,18(22,23)9-35-14(28)19(24,25)36(30,31)32)8-34-12(26)6-33-13(27)15-2-10-1-11(3-15)5-16(29,4-10)7-15/h10-11,29H,1-9H2,(H,30,31,32). The van der Waals surface area contributed by atoms with Gasteiger partial charge in [0, 0.05) is 0 Å². The van der Waals surface area contributed by atoms with E-state index in [1.165, 1.54) is 0 Å². The van der Waals surface area contributed by atoms with Gasteiger partial charge in [0.25, 0.3) is 0 Å². The number of aliphatic hydroxyl groups is 1. The van der Waals surface area contributed by atoms with Gasteiger partial charge < -0.3 is 19.3 Å². The van der Waals surface area contributed by atoms with Gasteiger partial charge in [-0.2, -0.15) is 34.8 Å². The molecule has 4 bridgehead atoms. The molecule has 4 aliphatic rings. The largest absolute Gasteiger partial charge is 0.465 e. The lowest BCUT2D eigenvalue weighted by Gasteiger charge is -2.58. The molecular formula is C19H22F6O10S. The van der Waals surface area contributed by atoms with E-state index in [1.54, 1.807) is 0 Å². The number of alkyl halides is 6. The number of rotatable bonds is 10. The molecule has 2 N–H and O–H groups in total. The van der Waals surface area contributed by atoms with Crippen molar-refractivity contribution in [3.05, 3.63) is 0 Å². The van der Waals surface area contributed by atoms with Crippen LogP contribution in [0.4, 0.5) is 26.3 Å². The Morgan fingerprint density at radius 1 is 0.861 bits per heavy atom. The van der Waals surface area contributed by atoms with Gasteiger partial charge in [0.2, 0.25) is 0 Å². The van der Waals surface area contributed by atoms with Gasteiger partial charge in [-0.1, -0.05) is 0 Å². The average molecular weight is 556 g/mol. The lowest BCUT2D eigenvalue weighted by molar-refractivity contribution is -0.250. The Kier molecular flexibility index (Phi) is 7.11. The van der Waals surface area contributed by atoms with E-state index in [0.29, 0.717) is 25.7 Å². The second-order valence-corrected chi connectivity index (χ2v) is 11.1. The fourth-order valence-corrected chi connectivity index (χ4v) is 5.77. The van der Waals surface area contributed by atoms with Gasteiger partial charge in [0.15, 0.2) is 19.8 Å². The first-order chi connectivity index (χ1) is 16.2. The Morgan fingerprint density at radius 2 is 1.36 bits per heavy atom. The summed E-state index contributed by atoms with van der Waals surface area (Å²) >= 11 is 0. The molecular weight excluding hydrogens is 534 g/mol. The van der Waals surface area contributed by atoms with Crippen LogP contribution >= 0.6 is 0 Å². The minimum Gasteiger partial charge on any atom is -0.456 e. The molecule has 0 heterocycles. The van der Waals surface area contributed by atoms with Crippen LogP contribution in [0.3, 0.4) is 0 Å². The number of hydrogen-bond acceptors (Lipinski definition) is 9. The highest BCUT2D eigenvalue weighted by Gasteiger charge is 2.62. The van der Waals surface area contributed by atoms with Crippen LogP contribution in [0.25, 0.3) is 0 Å². The fourth-order valence-electron chi connectivity index (χ4n) is 5.50. The summed E-state index contributed by atoms with van der Waals surface area (Å²) < 4.78 is 122. The lowest BCUT2D eigenvalue weighted by Crippen LogP contribution is -2.58. The van der Waals surface area contributed by atoms with Gasteiger partial charge in [-0.3, -0.25) is 9.35 Å². The molecule has 4 rings (SSSR count). The van der Waals surface area contributed by atoms with Gasteiger partial charge >= 0.3 is 45.1 Å². The molecule has 36 heavy (non-hydrogen) atoms. The molecule has 10 nitrogen and oxygen atoms in total. The molecule has 206 valence electrons. The van der Waals surface area contributed by atoms with Gasteiger partial charge in [0.1, 0.15) is 0 Å². The highest BCUT2D eigenvalue weighted by Crippen LogP contribution is 2.62. The summed E-state index contributed by atoms with van der Waals surface area (Å²) in [7, 11) is -6.42. The summed E-state index contributed by atoms with van der Waals surface area (Å²) in [6, 6.07) is 0. The highest BCUT2D eigenvalue weighted by molar-refractivity contribution is 7.87. The summed E-state index contributed by atoms with van der Waals surface area (Å²) in [6.07, 6.45) is 2.85. The second kappa shape index (κ2) is 9.01. The zero-order valence-corrected chi connectivity index (χ0v) is 19.2. The molecule has 0 aromatic heterocycles. The summed E-state index contributed by atoms with van der Waals surface area (Å²) in [5.41, 5.74) is -2.09. The van der Waals surface area contributed by atoms with Crippen molar-refractivity contribution in [3.63, 3.8) is 0 Å². The maximum Gasteiger partial charge on any atom is 0.465 e. The summed E-state index contributed by atoms with van der Waals surface area (Å²) in [5, 5.41) is 4.94. The molecule has 2 atom stereocenters. The quantitative estimate of drug-likeness (QED) is 0.176. The highest BCUT2D eigenvalue weighted by atomic mass is 32.2. The topological polar surface area (TPSA) is 154 Å². The van der Waals surface area contributed by atoms with Gasteiger partial charge in [-0.05, 0) is 50.4 Å². The molecule has 0 amide bonds. The van der Waals surface area contributed by atoms with Gasteiger partial charge in [-0.25, -0.2) is 9.59 Å². The SMILES string of the molecule is O=C(COC(=O)C12CC3CC(CC(O)(C3)C1)C2)OCC(F)(F)C(F)(F)COC(=O)C(F)(F)S(=O)(=O)O. The van der Waals surface area contributed by atoms with Crippen molar-refractivity contribution in [2.75, 3.05) is 19.8 Å². The Bertz CT molecular complexity index is 1020. The third kappa shape index (κ3) is 5.41. The van der Waals surface area contributed by atoms with Crippen LogP contribution in [0.2, 0.25) is 0 Å². The molecule has 0 aromatic carbocycles. The van der Waals surface area contributed by atoms with Gasteiger partial charge in [-0.15, -0.1) is 0 Å². The molecule has 0 spiro atoms. The predicted octanol–water partition coefficient (Wildman–Crippen LogP) is 1.70. The molecule has 4 saturated carbocycles. The monoisotopic (exact) mass is 556 g/mol. The van der Waals surface area contributed by atoms with Crippen molar-refractivity contribution in [2.24, 2.45) is 17.3 Å². The summed E-state index contributed by atoms with van der Waals surface area (Å²) in [5.74, 6) is -16.3. The van der Waals surface area contributed by atoms with Crippen LogP contribution in [0, 0.1) is 17.3 Å². The van der Waals surface area contributed by atoms with Gasteiger partial charge in [0.05, 0.1) is 11.0 Å². The first-order valence-electron chi connectivity index (χ1n) is 10.5. The molecule has 0 radical (unpaired) electrons. The maximum absolute atomic E-state index is 13.8. The number of esters is 3. The number of carbonyl (C=O) groups is 3. The van der Waals surface area contributed by atoms with Crippen molar-refractivity contribution >= 4 is 28.0 Å². The smallest absolute Gasteiger partial charge is 0.456 e. The second-order valence-electron chi connectivity index (χ2n) is 9.68. The lowest BCUT2D eigenvalue weighted by atomic mass is 9.48. The first kappa shape index (κ1) is 28.4. The number of carbonyl (C=O) groups excluding carboxylic acids is 3. The first-order valence-corrected chi connectivity index (χ1v) is 12.0. The van der Waals surface area contributed by atoms with Crippen LogP contribution in [0.15, 0.2) is 0 Å². The van der Waals surface area contributed by atoms with Crippen LogP contribution in [-0.2, 0) is 38.7 Å². The maximum atomic E-state index is 13.8. The third-order valence-electron chi connectivity index (χ3n) is 6.68. The van der Waals surface area contributed by atoms with Crippen LogP contribution in [0.5, 0.6) is 0 Å².